The molecule has 12 nitrogen and oxygen atoms in total. The Bertz CT molecular complexity index is 2390. The summed E-state index contributed by atoms with van der Waals surface area (Å²) in [5.41, 5.74) is 8.90. The van der Waals surface area contributed by atoms with Crippen LogP contribution < -0.4 is 5.32 Å². The van der Waals surface area contributed by atoms with Gasteiger partial charge in [0.2, 0.25) is 5.91 Å². The monoisotopic (exact) mass is 790 g/mol. The average Bonchev–Trinajstić information content (AvgIpc) is 4.11. The number of methoxy groups -OCH3 is 1. The van der Waals surface area contributed by atoms with E-state index in [1.807, 2.05) is 73.9 Å². The van der Waals surface area contributed by atoms with Gasteiger partial charge in [-0.2, -0.15) is 0 Å². The molecule has 0 spiro atoms. The molecule has 12 heteroatoms. The molecule has 59 heavy (non-hydrogen) atoms. The zero-order chi connectivity index (χ0) is 40.9. The predicted molar refractivity (Wildman–Crippen MR) is 227 cm³/mol. The summed E-state index contributed by atoms with van der Waals surface area (Å²) in [4.78, 5) is 62.1. The Labute approximate surface area is 344 Å². The summed E-state index contributed by atoms with van der Waals surface area (Å²) >= 11 is 0. The molecule has 2 aromatic heterocycles. The standard InChI is InChI=1S/C47H50N8O4/c1-53(2)30-37-14-8-7-13-36(37)27-42(56)54-25-9-15-40(54)44-48-28-38(50-44)33-21-17-31(18-22-33)32-19-23-34(24-20-32)39-29-49-45(51-39)41-16-10-26-55(41)46(57)43(52-47(58)59-3)35-11-5-4-6-12-35/h4-8,11-14,17-24,28-29,40-41,43H,9-10,15-16,25-27,30H2,1-3H3,(H,48,50)(H,49,51)(H,52,58)/t40-,41-,43+/m0/s1. The minimum absolute atomic E-state index is 0.0667. The SMILES string of the molecule is COC(=O)N[C@@H](C(=O)N1CCC[C@H]1c1ncc(-c2ccc(-c3ccc(-c4cnc([C@@H]5CCCN5C(=O)Cc5ccccc5CN(C)C)[nH]4)cc3)cc2)[nH]1)c1ccccc1. The fourth-order valence-electron chi connectivity index (χ4n) is 8.42. The van der Waals surface area contributed by atoms with Crippen LogP contribution in [0.4, 0.5) is 4.79 Å². The molecule has 2 fully saturated rings. The van der Waals surface area contributed by atoms with Gasteiger partial charge in [0.25, 0.3) is 5.91 Å². The van der Waals surface area contributed by atoms with Crippen molar-refractivity contribution in [3.63, 3.8) is 0 Å². The topological polar surface area (TPSA) is 140 Å². The Kier molecular flexibility index (Phi) is 11.7. The van der Waals surface area contributed by atoms with Crippen molar-refractivity contribution in [2.75, 3.05) is 34.3 Å². The maximum Gasteiger partial charge on any atom is 0.407 e. The number of benzene rings is 4. The number of aromatic amines is 2. The van der Waals surface area contributed by atoms with Crippen LogP contribution >= 0.6 is 0 Å². The molecule has 4 aromatic carbocycles. The molecule has 2 aliphatic rings. The van der Waals surface area contributed by atoms with Crippen molar-refractivity contribution in [2.45, 2.75) is 56.8 Å². The van der Waals surface area contributed by atoms with E-state index in [0.717, 1.165) is 83.8 Å². The lowest BCUT2D eigenvalue weighted by atomic mass is 10.0. The van der Waals surface area contributed by atoms with Gasteiger partial charge in [0.05, 0.1) is 49.4 Å². The molecule has 3 atom stereocenters. The van der Waals surface area contributed by atoms with Crippen LogP contribution in [0, 0.1) is 0 Å². The Morgan fingerprint density at radius 1 is 0.712 bits per heavy atom. The third-order valence-corrected chi connectivity index (χ3v) is 11.4. The molecule has 302 valence electrons. The number of alkyl carbamates (subject to hydrolysis) is 1. The summed E-state index contributed by atoms with van der Waals surface area (Å²) in [7, 11) is 5.38. The van der Waals surface area contributed by atoms with Crippen molar-refractivity contribution < 1.29 is 19.1 Å². The van der Waals surface area contributed by atoms with E-state index in [-0.39, 0.29) is 23.9 Å². The van der Waals surface area contributed by atoms with E-state index in [2.05, 4.69) is 80.8 Å². The van der Waals surface area contributed by atoms with Crippen LogP contribution in [0.15, 0.2) is 116 Å². The molecule has 8 rings (SSSR count). The lowest BCUT2D eigenvalue weighted by molar-refractivity contribution is -0.134. The number of nitrogens with zero attached hydrogens (tertiary/aromatic N) is 5. The fourth-order valence-corrected chi connectivity index (χ4v) is 8.42. The molecule has 2 aliphatic heterocycles. The molecule has 0 saturated carbocycles. The second kappa shape index (κ2) is 17.5. The molecule has 0 aliphatic carbocycles. The van der Waals surface area contributed by atoms with Gasteiger partial charge in [0.1, 0.15) is 17.7 Å². The quantitative estimate of drug-likeness (QED) is 0.115. The maximum atomic E-state index is 13.9. The first kappa shape index (κ1) is 39.3. The Balaban J connectivity index is 0.912. The van der Waals surface area contributed by atoms with E-state index in [9.17, 15) is 14.4 Å². The second-order valence-electron chi connectivity index (χ2n) is 15.6. The highest BCUT2D eigenvalue weighted by Gasteiger charge is 2.37. The van der Waals surface area contributed by atoms with Crippen molar-refractivity contribution in [1.29, 1.82) is 0 Å². The van der Waals surface area contributed by atoms with Crippen molar-refractivity contribution >= 4 is 17.9 Å². The van der Waals surface area contributed by atoms with Crippen LogP contribution in [0.1, 0.15) is 72.1 Å². The van der Waals surface area contributed by atoms with Gasteiger partial charge in [-0.3, -0.25) is 9.59 Å². The molecule has 0 radical (unpaired) electrons. The van der Waals surface area contributed by atoms with Crippen LogP contribution in [-0.4, -0.2) is 86.8 Å². The van der Waals surface area contributed by atoms with Crippen LogP contribution in [0.3, 0.4) is 0 Å². The molecule has 6 aromatic rings. The summed E-state index contributed by atoms with van der Waals surface area (Å²) in [5, 5.41) is 2.72. The number of H-pyrrole nitrogens is 2. The number of ether oxygens (including phenoxy) is 1. The molecule has 0 unspecified atom stereocenters. The van der Waals surface area contributed by atoms with E-state index in [4.69, 9.17) is 14.7 Å². The largest absolute Gasteiger partial charge is 0.453 e. The van der Waals surface area contributed by atoms with Gasteiger partial charge < -0.3 is 34.7 Å². The lowest BCUT2D eigenvalue weighted by Gasteiger charge is -2.28. The predicted octanol–water partition coefficient (Wildman–Crippen LogP) is 7.86. The van der Waals surface area contributed by atoms with Gasteiger partial charge in [-0.25, -0.2) is 14.8 Å². The minimum atomic E-state index is -0.871. The van der Waals surface area contributed by atoms with E-state index in [0.29, 0.717) is 24.4 Å². The number of imidazole rings is 2. The first-order valence-corrected chi connectivity index (χ1v) is 20.3. The Morgan fingerprint density at radius 2 is 1.22 bits per heavy atom. The van der Waals surface area contributed by atoms with Crippen molar-refractivity contribution in [3.05, 3.63) is 144 Å². The summed E-state index contributed by atoms with van der Waals surface area (Å²) in [6.07, 6.45) is 6.83. The normalized spacial score (nSPS) is 17.0. The Hall–Kier alpha value is -6.53. The van der Waals surface area contributed by atoms with Crippen LogP contribution in [0.25, 0.3) is 33.6 Å². The highest BCUT2D eigenvalue weighted by atomic mass is 16.5. The number of nitrogens with one attached hydrogen (secondary N) is 3. The van der Waals surface area contributed by atoms with Gasteiger partial charge in [-0.1, -0.05) is 103 Å². The second-order valence-corrected chi connectivity index (χ2v) is 15.6. The number of rotatable bonds is 12. The van der Waals surface area contributed by atoms with Gasteiger partial charge in [0, 0.05) is 19.6 Å². The summed E-state index contributed by atoms with van der Waals surface area (Å²) in [6.45, 7) is 2.10. The number of likely N-dealkylation sites (tertiary alicyclic amines) is 2. The number of hydrogen-bond donors (Lipinski definition) is 3. The summed E-state index contributed by atoms with van der Waals surface area (Å²) in [6, 6.07) is 33.0. The summed E-state index contributed by atoms with van der Waals surface area (Å²) in [5.74, 6) is 1.47. The van der Waals surface area contributed by atoms with Gasteiger partial charge in [0.15, 0.2) is 0 Å². The van der Waals surface area contributed by atoms with Crippen molar-refractivity contribution in [2.24, 2.45) is 0 Å². The fraction of sp³-hybridized carbons (Fsp3) is 0.298. The molecular weight excluding hydrogens is 741 g/mol. The zero-order valence-corrected chi connectivity index (χ0v) is 33.7. The molecule has 4 heterocycles. The first-order chi connectivity index (χ1) is 28.7. The number of carbonyl (C=O) groups excluding carboxylic acids is 3. The van der Waals surface area contributed by atoms with Crippen LogP contribution in [-0.2, 0) is 27.3 Å². The number of carbonyl (C=O) groups is 3. The summed E-state index contributed by atoms with van der Waals surface area (Å²) < 4.78 is 4.83. The van der Waals surface area contributed by atoms with E-state index in [1.54, 1.807) is 4.90 Å². The van der Waals surface area contributed by atoms with Crippen LogP contribution in [0.5, 0.6) is 0 Å². The third-order valence-electron chi connectivity index (χ3n) is 11.4. The highest BCUT2D eigenvalue weighted by molar-refractivity contribution is 5.87. The smallest absolute Gasteiger partial charge is 0.407 e. The molecule has 3 N–H and O–H groups in total. The number of amides is 3. The van der Waals surface area contributed by atoms with Crippen molar-refractivity contribution in [3.8, 4) is 33.6 Å². The molecule has 0 bridgehead atoms. The van der Waals surface area contributed by atoms with Crippen LogP contribution in [0.2, 0.25) is 0 Å². The number of aromatic nitrogens is 4. The first-order valence-electron chi connectivity index (χ1n) is 20.3. The average molecular weight is 791 g/mol. The maximum absolute atomic E-state index is 13.9. The highest BCUT2D eigenvalue weighted by Crippen LogP contribution is 2.36. The van der Waals surface area contributed by atoms with E-state index >= 15 is 0 Å². The Morgan fingerprint density at radius 3 is 1.78 bits per heavy atom. The molecule has 2 saturated heterocycles. The number of hydrogen-bond acceptors (Lipinski definition) is 7. The molecule has 3 amide bonds. The lowest BCUT2D eigenvalue weighted by Crippen LogP contribution is -2.42. The van der Waals surface area contributed by atoms with E-state index in [1.165, 1.54) is 12.7 Å². The zero-order valence-electron chi connectivity index (χ0n) is 33.7. The van der Waals surface area contributed by atoms with Gasteiger partial charge >= 0.3 is 6.09 Å². The van der Waals surface area contributed by atoms with Gasteiger partial charge in [-0.05, 0) is 78.7 Å². The van der Waals surface area contributed by atoms with Gasteiger partial charge in [-0.15, -0.1) is 0 Å². The van der Waals surface area contributed by atoms with Crippen molar-refractivity contribution in [1.82, 2.24) is 40.0 Å². The molecular formula is C47H50N8O4. The minimum Gasteiger partial charge on any atom is -0.453 e. The van der Waals surface area contributed by atoms with E-state index < -0.39 is 12.1 Å². The third kappa shape index (κ3) is 8.68.